The van der Waals surface area contributed by atoms with E-state index in [1.54, 1.807) is 6.92 Å². The number of nitrogens with two attached hydrogens (primary N) is 1. The lowest BCUT2D eigenvalue weighted by Gasteiger charge is -2.17. The monoisotopic (exact) mass is 281 g/mol. The van der Waals surface area contributed by atoms with Crippen molar-refractivity contribution < 1.29 is 29.3 Å². The molecular formula is C10H20NO6P. The minimum Gasteiger partial charge on any atom is -0.481 e. The van der Waals surface area contributed by atoms with Gasteiger partial charge >= 0.3 is 11.9 Å². The molecule has 0 aliphatic rings. The summed E-state index contributed by atoms with van der Waals surface area (Å²) in [7, 11) is -3.44. The van der Waals surface area contributed by atoms with Crippen molar-refractivity contribution >= 4 is 19.3 Å². The zero-order valence-electron chi connectivity index (χ0n) is 10.3. The second-order valence-corrected chi connectivity index (χ2v) is 7.03. The van der Waals surface area contributed by atoms with Crippen LogP contribution in [0.1, 0.15) is 26.2 Å². The van der Waals surface area contributed by atoms with E-state index >= 15 is 0 Å². The largest absolute Gasteiger partial charge is 0.481 e. The van der Waals surface area contributed by atoms with E-state index in [0.29, 0.717) is 6.42 Å². The highest BCUT2D eigenvalue weighted by atomic mass is 31.2. The zero-order valence-corrected chi connectivity index (χ0v) is 11.2. The number of hydrogen-bond acceptors (Lipinski definition) is 4. The standard InChI is InChI=1S/C10H20NO6P/c1-7(2-3-9(12)13)6-18(16,17)5-4-8(11)10(14)15/h7-8H,2-6,11H2,1H3,(H,12,13)(H,14,15)(H,16,17)/t7-,8?/m1/s1. The Morgan fingerprint density at radius 3 is 2.28 bits per heavy atom. The van der Waals surface area contributed by atoms with Gasteiger partial charge in [0.25, 0.3) is 0 Å². The van der Waals surface area contributed by atoms with E-state index < -0.39 is 25.3 Å². The molecule has 0 heterocycles. The number of aliphatic carboxylic acids is 2. The summed E-state index contributed by atoms with van der Waals surface area (Å²) in [4.78, 5) is 30.4. The molecule has 0 spiro atoms. The minimum atomic E-state index is -3.44. The summed E-state index contributed by atoms with van der Waals surface area (Å²) in [5.41, 5.74) is 5.24. The Kier molecular flexibility index (Phi) is 7.13. The Morgan fingerprint density at radius 1 is 1.28 bits per heavy atom. The molecule has 0 aliphatic heterocycles. The van der Waals surface area contributed by atoms with Crippen LogP contribution in [0.5, 0.6) is 0 Å². The van der Waals surface area contributed by atoms with Crippen molar-refractivity contribution in [1.82, 2.24) is 0 Å². The molecule has 0 fully saturated rings. The Labute approximate surface area is 105 Å². The summed E-state index contributed by atoms with van der Waals surface area (Å²) in [5.74, 6) is -2.34. The molecule has 0 radical (unpaired) electrons. The third kappa shape index (κ3) is 8.22. The lowest BCUT2D eigenvalue weighted by molar-refractivity contribution is -0.139. The topological polar surface area (TPSA) is 138 Å². The Morgan fingerprint density at radius 2 is 1.83 bits per heavy atom. The molecule has 0 saturated carbocycles. The number of rotatable bonds is 9. The van der Waals surface area contributed by atoms with E-state index in [9.17, 15) is 19.0 Å². The van der Waals surface area contributed by atoms with Crippen molar-refractivity contribution in [2.75, 3.05) is 12.3 Å². The number of carboxylic acid groups (broad SMARTS) is 2. The second-order valence-electron chi connectivity index (χ2n) is 4.52. The van der Waals surface area contributed by atoms with Crippen LogP contribution in [0.3, 0.4) is 0 Å². The highest BCUT2D eigenvalue weighted by molar-refractivity contribution is 7.58. The molecule has 18 heavy (non-hydrogen) atoms. The fourth-order valence-corrected chi connectivity index (χ4v) is 3.52. The van der Waals surface area contributed by atoms with Crippen LogP contribution in [0.4, 0.5) is 0 Å². The van der Waals surface area contributed by atoms with E-state index in [1.165, 1.54) is 0 Å². The smallest absolute Gasteiger partial charge is 0.320 e. The normalized spacial score (nSPS) is 17.7. The molecule has 0 rings (SSSR count). The quantitative estimate of drug-likeness (QED) is 0.453. The third-order valence-electron chi connectivity index (χ3n) is 2.55. The van der Waals surface area contributed by atoms with Crippen LogP contribution in [0.2, 0.25) is 0 Å². The van der Waals surface area contributed by atoms with Gasteiger partial charge in [0.2, 0.25) is 7.37 Å². The van der Waals surface area contributed by atoms with Crippen molar-refractivity contribution in [2.24, 2.45) is 11.7 Å². The molecular weight excluding hydrogens is 261 g/mol. The van der Waals surface area contributed by atoms with Crippen LogP contribution < -0.4 is 5.73 Å². The average molecular weight is 281 g/mol. The van der Waals surface area contributed by atoms with E-state index in [0.717, 1.165) is 0 Å². The Bertz CT molecular complexity index is 345. The van der Waals surface area contributed by atoms with Gasteiger partial charge in [0.15, 0.2) is 0 Å². The van der Waals surface area contributed by atoms with Gasteiger partial charge in [-0.2, -0.15) is 0 Å². The van der Waals surface area contributed by atoms with Gasteiger partial charge in [-0.1, -0.05) is 6.92 Å². The first-order valence-corrected chi connectivity index (χ1v) is 7.68. The molecule has 106 valence electrons. The summed E-state index contributed by atoms with van der Waals surface area (Å²) in [5, 5.41) is 17.0. The van der Waals surface area contributed by atoms with Crippen LogP contribution in [0.15, 0.2) is 0 Å². The molecule has 0 aromatic heterocycles. The summed E-state index contributed by atoms with van der Waals surface area (Å²) < 4.78 is 11.8. The van der Waals surface area contributed by atoms with Gasteiger partial charge in [-0.25, -0.2) is 0 Å². The summed E-state index contributed by atoms with van der Waals surface area (Å²) in [6, 6.07) is -1.14. The maximum atomic E-state index is 11.8. The maximum absolute atomic E-state index is 11.8. The van der Waals surface area contributed by atoms with Crippen molar-refractivity contribution in [3.05, 3.63) is 0 Å². The first kappa shape index (κ1) is 17.1. The Balaban J connectivity index is 4.10. The first-order chi connectivity index (χ1) is 8.14. The number of carbonyl (C=O) groups is 2. The molecule has 0 aromatic carbocycles. The molecule has 7 nitrogen and oxygen atoms in total. The van der Waals surface area contributed by atoms with Crippen LogP contribution in [0, 0.1) is 5.92 Å². The fourth-order valence-electron chi connectivity index (χ4n) is 1.50. The molecule has 3 atom stereocenters. The SMILES string of the molecule is C[C@H](CCC(=O)O)CP(=O)(O)CCC(N)C(=O)O. The van der Waals surface area contributed by atoms with Gasteiger partial charge in [-0.15, -0.1) is 0 Å². The maximum Gasteiger partial charge on any atom is 0.320 e. The Hall–Kier alpha value is -0.910. The minimum absolute atomic E-state index is 0.00732. The molecule has 0 aliphatic carbocycles. The van der Waals surface area contributed by atoms with Crippen molar-refractivity contribution in [3.8, 4) is 0 Å². The predicted octanol–water partition coefficient (Wildman–Crippen LogP) is 0.560. The van der Waals surface area contributed by atoms with Crippen LogP contribution in [-0.4, -0.2) is 45.4 Å². The fraction of sp³-hybridized carbons (Fsp3) is 0.800. The van der Waals surface area contributed by atoms with Crippen LogP contribution in [0.25, 0.3) is 0 Å². The molecule has 0 aromatic rings. The summed E-state index contributed by atoms with van der Waals surface area (Å²) >= 11 is 0. The second kappa shape index (κ2) is 7.51. The predicted molar refractivity (Wildman–Crippen MR) is 65.8 cm³/mol. The lowest BCUT2D eigenvalue weighted by Crippen LogP contribution is -2.31. The van der Waals surface area contributed by atoms with Crippen LogP contribution in [-0.2, 0) is 14.2 Å². The van der Waals surface area contributed by atoms with Crippen molar-refractivity contribution in [3.63, 3.8) is 0 Å². The van der Waals surface area contributed by atoms with E-state index in [2.05, 4.69) is 0 Å². The van der Waals surface area contributed by atoms with E-state index in [4.69, 9.17) is 15.9 Å². The van der Waals surface area contributed by atoms with Gasteiger partial charge < -0.3 is 20.8 Å². The molecule has 5 N–H and O–H groups in total. The highest BCUT2D eigenvalue weighted by Gasteiger charge is 2.24. The first-order valence-electron chi connectivity index (χ1n) is 5.65. The molecule has 0 amide bonds. The van der Waals surface area contributed by atoms with Crippen molar-refractivity contribution in [2.45, 2.75) is 32.2 Å². The van der Waals surface area contributed by atoms with Gasteiger partial charge in [0.1, 0.15) is 6.04 Å². The molecule has 2 unspecified atom stereocenters. The number of carboxylic acids is 2. The van der Waals surface area contributed by atoms with E-state index in [1.807, 2.05) is 0 Å². The zero-order chi connectivity index (χ0) is 14.3. The van der Waals surface area contributed by atoms with Gasteiger partial charge in [-0.3, -0.25) is 14.2 Å². The molecule has 0 bridgehead atoms. The molecule has 8 heteroatoms. The van der Waals surface area contributed by atoms with Crippen molar-refractivity contribution in [1.29, 1.82) is 0 Å². The lowest BCUT2D eigenvalue weighted by atomic mass is 10.1. The average Bonchev–Trinajstić information content (AvgIpc) is 2.22. The summed E-state index contributed by atoms with van der Waals surface area (Å²) in [6.07, 6.45) is 0.0555. The van der Waals surface area contributed by atoms with E-state index in [-0.39, 0.29) is 31.1 Å². The highest BCUT2D eigenvalue weighted by Crippen LogP contribution is 2.43. The van der Waals surface area contributed by atoms with Crippen LogP contribution >= 0.6 is 7.37 Å². The van der Waals surface area contributed by atoms with Gasteiger partial charge in [-0.05, 0) is 18.8 Å². The van der Waals surface area contributed by atoms with Gasteiger partial charge in [0.05, 0.1) is 0 Å². The molecule has 0 saturated heterocycles. The number of hydrogen-bond donors (Lipinski definition) is 4. The summed E-state index contributed by atoms with van der Waals surface area (Å²) in [6.45, 7) is 1.70. The third-order valence-corrected chi connectivity index (χ3v) is 4.71. The van der Waals surface area contributed by atoms with Gasteiger partial charge in [0, 0.05) is 18.7 Å².